The van der Waals surface area contributed by atoms with Crippen molar-refractivity contribution in [3.63, 3.8) is 0 Å². The molecule has 0 aliphatic carbocycles. The Labute approximate surface area is 277 Å². The maximum atomic E-state index is 13.5. The molecular weight excluding hydrogens is 622 g/mol. The summed E-state index contributed by atoms with van der Waals surface area (Å²) in [5, 5.41) is 7.06. The van der Waals surface area contributed by atoms with E-state index in [9.17, 15) is 9.59 Å². The number of benzene rings is 3. The first kappa shape index (κ1) is 32.0. The largest absolute Gasteiger partial charge is 0.464 e. The van der Waals surface area contributed by atoms with Gasteiger partial charge in [0, 0.05) is 53.8 Å². The molecule has 0 unspecified atom stereocenters. The van der Waals surface area contributed by atoms with Crippen molar-refractivity contribution in [2.45, 2.75) is 53.2 Å². The van der Waals surface area contributed by atoms with E-state index in [1.807, 2.05) is 93.7 Å². The highest BCUT2D eigenvalue weighted by atomic mass is 35.5. The van der Waals surface area contributed by atoms with Crippen LogP contribution in [0.2, 0.25) is 5.02 Å². The van der Waals surface area contributed by atoms with Crippen molar-refractivity contribution in [1.82, 2.24) is 19.7 Å². The molecule has 1 saturated heterocycles. The Kier molecular flexibility index (Phi) is 8.56. The number of halogens is 1. The quantitative estimate of drug-likeness (QED) is 0.156. The van der Waals surface area contributed by atoms with Gasteiger partial charge in [-0.1, -0.05) is 23.7 Å². The fraction of sp³-hybridized carbons (Fsp3) is 0.371. The van der Waals surface area contributed by atoms with E-state index < -0.39 is 17.7 Å². The summed E-state index contributed by atoms with van der Waals surface area (Å²) in [6, 6.07) is 15.7. The average molecular weight is 660 g/mol. The second-order valence-corrected chi connectivity index (χ2v) is 13.8. The van der Waals surface area contributed by atoms with Crippen LogP contribution in [-0.2, 0) is 21.3 Å². The Morgan fingerprint density at radius 3 is 2.43 bits per heavy atom. The molecule has 2 amide bonds. The van der Waals surface area contributed by atoms with Gasteiger partial charge in [0.2, 0.25) is 0 Å². The smallest absolute Gasteiger partial charge is 0.339 e. The second kappa shape index (κ2) is 12.3. The molecule has 3 heterocycles. The Bertz CT molecular complexity index is 1960. The molecule has 0 bridgehead atoms. The second-order valence-electron chi connectivity index (χ2n) is 12.4. The van der Waals surface area contributed by atoms with Crippen molar-refractivity contribution < 1.29 is 19.1 Å². The number of aromatic nitrogens is 3. The monoisotopic (exact) mass is 659 g/mol. The number of hydrogen-bond donors (Lipinski definition) is 0. The van der Waals surface area contributed by atoms with E-state index in [0.717, 1.165) is 53.9 Å². The molecule has 2 aromatic heterocycles. The van der Waals surface area contributed by atoms with Crippen molar-refractivity contribution in [3.05, 3.63) is 64.7 Å². The summed E-state index contributed by atoms with van der Waals surface area (Å²) in [6.07, 6.45) is -0.949. The van der Waals surface area contributed by atoms with Gasteiger partial charge in [0.25, 0.3) is 0 Å². The molecule has 9 nitrogen and oxygen atoms in total. The number of anilines is 1. The van der Waals surface area contributed by atoms with Crippen LogP contribution >= 0.6 is 22.9 Å². The molecule has 1 atom stereocenters. The summed E-state index contributed by atoms with van der Waals surface area (Å²) in [6.45, 7) is 13.7. The van der Waals surface area contributed by atoms with Crippen LogP contribution in [0.5, 0.6) is 0 Å². The minimum Gasteiger partial charge on any atom is -0.464 e. The van der Waals surface area contributed by atoms with Crippen molar-refractivity contribution in [1.29, 1.82) is 0 Å². The molecule has 46 heavy (non-hydrogen) atoms. The molecule has 0 N–H and O–H groups in total. The van der Waals surface area contributed by atoms with Crippen LogP contribution in [0, 0.1) is 6.92 Å². The van der Waals surface area contributed by atoms with Gasteiger partial charge >= 0.3 is 12.0 Å². The van der Waals surface area contributed by atoms with Gasteiger partial charge in [-0.25, -0.2) is 14.6 Å². The number of carbonyl (C=O) groups is 2. The van der Waals surface area contributed by atoms with Gasteiger partial charge in [-0.3, -0.25) is 9.58 Å². The highest BCUT2D eigenvalue weighted by molar-refractivity contribution is 7.22. The number of rotatable bonds is 8. The zero-order valence-electron chi connectivity index (χ0n) is 27.2. The zero-order chi connectivity index (χ0) is 32.9. The fourth-order valence-corrected chi connectivity index (χ4v) is 7.27. The van der Waals surface area contributed by atoms with Gasteiger partial charge in [-0.15, -0.1) is 11.3 Å². The van der Waals surface area contributed by atoms with Gasteiger partial charge in [0.1, 0.15) is 5.01 Å². The summed E-state index contributed by atoms with van der Waals surface area (Å²) in [7, 11) is 1.89. The van der Waals surface area contributed by atoms with E-state index in [1.54, 1.807) is 23.2 Å². The number of aryl methyl sites for hydroxylation is 2. The third kappa shape index (κ3) is 5.85. The van der Waals surface area contributed by atoms with Gasteiger partial charge in [0.05, 0.1) is 27.9 Å². The molecule has 1 fully saturated rings. The Hall–Kier alpha value is -3.99. The highest BCUT2D eigenvalue weighted by Crippen LogP contribution is 2.45. The lowest BCUT2D eigenvalue weighted by Crippen LogP contribution is -2.31. The lowest BCUT2D eigenvalue weighted by atomic mass is 9.91. The Morgan fingerprint density at radius 1 is 1.07 bits per heavy atom. The molecule has 0 spiro atoms. The Balaban J connectivity index is 1.55. The molecule has 3 aromatic carbocycles. The summed E-state index contributed by atoms with van der Waals surface area (Å²) >= 11 is 7.86. The topological polar surface area (TPSA) is 89.8 Å². The summed E-state index contributed by atoms with van der Waals surface area (Å²) in [5.41, 5.74) is 5.42. The summed E-state index contributed by atoms with van der Waals surface area (Å²) in [5.74, 6) is 0.213. The van der Waals surface area contributed by atoms with Gasteiger partial charge in [-0.2, -0.15) is 5.10 Å². The molecule has 1 aliphatic heterocycles. The van der Waals surface area contributed by atoms with Crippen LogP contribution in [0.25, 0.3) is 42.8 Å². The number of thiazole rings is 1. The molecular formula is C35H38ClN5O4S. The first-order chi connectivity index (χ1) is 21.9. The number of likely N-dealkylation sites (N-methyl/N-ethyl adjacent to an activating group) is 1. The number of esters is 1. The van der Waals surface area contributed by atoms with Crippen LogP contribution in [0.1, 0.15) is 51.8 Å². The predicted octanol–water partition coefficient (Wildman–Crippen LogP) is 8.16. The minimum atomic E-state index is -0.949. The minimum absolute atomic E-state index is 0.0304. The number of carbonyl (C=O) groups excluding carboxylic acids is 2. The maximum Gasteiger partial charge on any atom is 0.339 e. The predicted molar refractivity (Wildman–Crippen MR) is 185 cm³/mol. The normalized spacial score (nSPS) is 14.6. The standard InChI is InChI=1S/C35H38ClN5O4S/c1-8-40-16-17-41(34(40)43)31-24-19-22(12-15-26(24)39(7)38-31)32-37-25-18-20(3)27(29(33(42)44-9-2)45-35(4,5)6)28(30(25)46-32)21-10-13-23(36)14-11-21/h10-15,18-19,29H,8-9,16-17H2,1-7H3/t29-/m0/s1. The first-order valence-electron chi connectivity index (χ1n) is 15.5. The zero-order valence-corrected chi connectivity index (χ0v) is 28.8. The molecule has 0 saturated carbocycles. The molecule has 240 valence electrons. The Morgan fingerprint density at radius 2 is 1.78 bits per heavy atom. The van der Waals surface area contributed by atoms with E-state index >= 15 is 0 Å². The van der Waals surface area contributed by atoms with E-state index in [1.165, 1.54) is 0 Å². The van der Waals surface area contributed by atoms with E-state index in [0.29, 0.717) is 30.5 Å². The molecule has 1 aliphatic rings. The molecule has 0 radical (unpaired) electrons. The molecule has 6 rings (SSSR count). The fourth-order valence-electron chi connectivity index (χ4n) is 6.02. The van der Waals surface area contributed by atoms with Crippen LogP contribution in [0.4, 0.5) is 10.6 Å². The molecule has 11 heteroatoms. The van der Waals surface area contributed by atoms with Crippen molar-refractivity contribution in [2.24, 2.45) is 7.05 Å². The highest BCUT2D eigenvalue weighted by Gasteiger charge is 2.34. The van der Waals surface area contributed by atoms with Crippen molar-refractivity contribution in [2.75, 3.05) is 31.1 Å². The number of hydrogen-bond acceptors (Lipinski definition) is 7. The van der Waals surface area contributed by atoms with Gasteiger partial charge in [0.15, 0.2) is 11.9 Å². The van der Waals surface area contributed by atoms with Gasteiger partial charge in [-0.05, 0) is 89.1 Å². The van der Waals surface area contributed by atoms with Crippen LogP contribution < -0.4 is 4.90 Å². The van der Waals surface area contributed by atoms with Crippen LogP contribution in [0.3, 0.4) is 0 Å². The van der Waals surface area contributed by atoms with Gasteiger partial charge < -0.3 is 14.4 Å². The third-order valence-corrected chi connectivity index (χ3v) is 9.49. The number of urea groups is 1. The SMILES string of the molecule is CCOC(=O)[C@@H](OC(C)(C)C)c1c(C)cc2nc(-c3ccc4c(c3)c(N3CCN(CC)C3=O)nn4C)sc2c1-c1ccc(Cl)cc1. The van der Waals surface area contributed by atoms with E-state index in [4.69, 9.17) is 31.2 Å². The van der Waals surface area contributed by atoms with E-state index in [2.05, 4.69) is 6.07 Å². The first-order valence-corrected chi connectivity index (χ1v) is 16.7. The third-order valence-electron chi connectivity index (χ3n) is 8.11. The lowest BCUT2D eigenvalue weighted by molar-refractivity contribution is -0.166. The van der Waals surface area contributed by atoms with Crippen molar-refractivity contribution in [3.8, 4) is 21.7 Å². The van der Waals surface area contributed by atoms with Crippen LogP contribution in [0.15, 0.2) is 48.5 Å². The number of amides is 2. The number of ether oxygens (including phenoxy) is 2. The van der Waals surface area contributed by atoms with Crippen LogP contribution in [-0.4, -0.2) is 63.5 Å². The summed E-state index contributed by atoms with van der Waals surface area (Å²) < 4.78 is 14.7. The number of fused-ring (bicyclic) bond motifs is 2. The molecule has 5 aromatic rings. The number of nitrogens with zero attached hydrogens (tertiary/aromatic N) is 5. The summed E-state index contributed by atoms with van der Waals surface area (Å²) in [4.78, 5) is 35.3. The lowest BCUT2D eigenvalue weighted by Gasteiger charge is -2.29. The maximum absolute atomic E-state index is 13.5. The van der Waals surface area contributed by atoms with E-state index in [-0.39, 0.29) is 12.6 Å². The average Bonchev–Trinajstić information content (AvgIpc) is 3.69. The van der Waals surface area contributed by atoms with Crippen molar-refractivity contribution >= 4 is 61.9 Å².